The molecular formula is C15H19NO9. The van der Waals surface area contributed by atoms with Gasteiger partial charge in [-0.15, -0.1) is 0 Å². The zero-order valence-corrected chi connectivity index (χ0v) is 12.9. The molecule has 25 heavy (non-hydrogen) atoms. The topological polar surface area (TPSA) is 169 Å². The second kappa shape index (κ2) is 6.65. The Labute approximate surface area is 141 Å². The van der Waals surface area contributed by atoms with Gasteiger partial charge in [0.15, 0.2) is 11.5 Å². The number of aliphatic hydroxyl groups is 4. The Kier molecular flexibility index (Phi) is 4.71. The molecule has 1 aromatic rings. The first-order valence-corrected chi connectivity index (χ1v) is 7.64. The van der Waals surface area contributed by atoms with E-state index in [2.05, 4.69) is 5.32 Å². The summed E-state index contributed by atoms with van der Waals surface area (Å²) in [6.45, 7) is -0.606. The Bertz CT molecular complexity index is 665. The van der Waals surface area contributed by atoms with Crippen molar-refractivity contribution in [1.29, 1.82) is 0 Å². The molecule has 6 atom stereocenters. The SMILES string of the molecule is O=C(O)[C@@H]1Cc2cc(OC3O[C@H](CO)[C@@H](O)[C@H](O)[C@H]3O)c(O)cc2N1. The van der Waals surface area contributed by atoms with Crippen LogP contribution in [0.5, 0.6) is 11.5 Å². The Balaban J connectivity index is 1.80. The molecule has 0 aliphatic carbocycles. The van der Waals surface area contributed by atoms with Crippen molar-refractivity contribution in [3.8, 4) is 11.5 Å². The van der Waals surface area contributed by atoms with Gasteiger partial charge >= 0.3 is 5.97 Å². The second-order valence-corrected chi connectivity index (χ2v) is 6.03. The molecule has 1 fully saturated rings. The summed E-state index contributed by atoms with van der Waals surface area (Å²) >= 11 is 0. The Morgan fingerprint density at radius 2 is 1.96 bits per heavy atom. The number of carboxylic acid groups (broad SMARTS) is 1. The van der Waals surface area contributed by atoms with E-state index in [0.29, 0.717) is 11.3 Å². The van der Waals surface area contributed by atoms with Crippen LogP contribution in [0.1, 0.15) is 5.56 Å². The van der Waals surface area contributed by atoms with Gasteiger partial charge in [-0.2, -0.15) is 0 Å². The van der Waals surface area contributed by atoms with Gasteiger partial charge in [0, 0.05) is 18.2 Å². The molecule has 2 aliphatic heterocycles. The number of aliphatic hydroxyl groups excluding tert-OH is 4. The number of phenols is 1. The van der Waals surface area contributed by atoms with Gasteiger partial charge < -0.3 is 45.4 Å². The number of carboxylic acids is 1. The van der Waals surface area contributed by atoms with Gasteiger partial charge in [0.25, 0.3) is 0 Å². The van der Waals surface area contributed by atoms with Crippen molar-refractivity contribution < 1.29 is 44.9 Å². The molecule has 0 spiro atoms. The number of hydrogen-bond donors (Lipinski definition) is 7. The van der Waals surface area contributed by atoms with Gasteiger partial charge in [0.2, 0.25) is 6.29 Å². The van der Waals surface area contributed by atoms with Gasteiger partial charge in [-0.3, -0.25) is 0 Å². The first-order valence-electron chi connectivity index (χ1n) is 7.64. The number of rotatable bonds is 4. The van der Waals surface area contributed by atoms with Crippen LogP contribution in [0.25, 0.3) is 0 Å². The Morgan fingerprint density at radius 3 is 2.60 bits per heavy atom. The van der Waals surface area contributed by atoms with Crippen LogP contribution in [0, 0.1) is 0 Å². The average Bonchev–Trinajstić information content (AvgIpc) is 2.98. The van der Waals surface area contributed by atoms with Crippen LogP contribution in [-0.2, 0) is 16.0 Å². The largest absolute Gasteiger partial charge is 0.504 e. The number of phenolic OH excluding ortho intramolecular Hbond substituents is 1. The summed E-state index contributed by atoms with van der Waals surface area (Å²) < 4.78 is 10.6. The average molecular weight is 357 g/mol. The number of nitrogens with one attached hydrogen (secondary N) is 1. The van der Waals surface area contributed by atoms with Gasteiger partial charge in [-0.05, 0) is 11.6 Å². The third-order valence-electron chi connectivity index (χ3n) is 4.33. The molecule has 1 unspecified atom stereocenters. The highest BCUT2D eigenvalue weighted by molar-refractivity contribution is 5.82. The first kappa shape index (κ1) is 17.7. The fourth-order valence-electron chi connectivity index (χ4n) is 2.91. The standard InChI is InChI=1S/C15H19NO9/c17-4-10-11(19)12(20)13(21)15(25-10)24-9-2-5-1-7(14(22)23)16-6(5)3-8(9)18/h2-3,7,10-13,15-21H,1,4H2,(H,22,23)/t7-,10+,11+,12-,13+,15?/m0/s1. The maximum atomic E-state index is 11.1. The van der Waals surface area contributed by atoms with Crippen LogP contribution in [0.15, 0.2) is 12.1 Å². The van der Waals surface area contributed by atoms with E-state index >= 15 is 0 Å². The number of carbonyl (C=O) groups is 1. The predicted molar refractivity (Wildman–Crippen MR) is 81.3 cm³/mol. The highest BCUT2D eigenvalue weighted by atomic mass is 16.7. The monoisotopic (exact) mass is 357 g/mol. The van der Waals surface area contributed by atoms with E-state index in [1.54, 1.807) is 0 Å². The normalized spacial score (nSPS) is 34.2. The summed E-state index contributed by atoms with van der Waals surface area (Å²) in [6, 6.07) is 1.87. The molecule has 138 valence electrons. The van der Waals surface area contributed by atoms with Gasteiger partial charge in [-0.1, -0.05) is 0 Å². The van der Waals surface area contributed by atoms with Crippen LogP contribution in [-0.4, -0.2) is 80.0 Å². The van der Waals surface area contributed by atoms with Crippen molar-refractivity contribution in [3.63, 3.8) is 0 Å². The van der Waals surface area contributed by atoms with Crippen molar-refractivity contribution in [1.82, 2.24) is 0 Å². The fourth-order valence-corrected chi connectivity index (χ4v) is 2.91. The summed E-state index contributed by atoms with van der Waals surface area (Å²) in [6.07, 6.45) is -7.15. The minimum Gasteiger partial charge on any atom is -0.504 e. The predicted octanol–water partition coefficient (Wildman–Crippen LogP) is -2.01. The smallest absolute Gasteiger partial charge is 0.326 e. The van der Waals surface area contributed by atoms with E-state index < -0.39 is 49.3 Å². The molecular weight excluding hydrogens is 338 g/mol. The summed E-state index contributed by atoms with van der Waals surface area (Å²) in [5.41, 5.74) is 1.04. The van der Waals surface area contributed by atoms with Crippen molar-refractivity contribution >= 4 is 11.7 Å². The van der Waals surface area contributed by atoms with Crippen LogP contribution < -0.4 is 10.1 Å². The molecule has 0 saturated carbocycles. The van der Waals surface area contributed by atoms with E-state index in [4.69, 9.17) is 19.7 Å². The summed E-state index contributed by atoms with van der Waals surface area (Å²) in [7, 11) is 0. The number of benzene rings is 1. The molecule has 3 rings (SSSR count). The number of aromatic hydroxyl groups is 1. The van der Waals surface area contributed by atoms with Crippen LogP contribution >= 0.6 is 0 Å². The first-order chi connectivity index (χ1) is 11.8. The quantitative estimate of drug-likeness (QED) is 0.320. The molecule has 0 amide bonds. The van der Waals surface area contributed by atoms with Crippen LogP contribution in [0.4, 0.5) is 5.69 Å². The lowest BCUT2D eigenvalue weighted by molar-refractivity contribution is -0.277. The molecule has 1 aromatic carbocycles. The minimum atomic E-state index is -1.62. The van der Waals surface area contributed by atoms with E-state index in [0.717, 1.165) is 0 Å². The molecule has 1 saturated heterocycles. The highest BCUT2D eigenvalue weighted by Gasteiger charge is 2.45. The van der Waals surface area contributed by atoms with Crippen LogP contribution in [0.3, 0.4) is 0 Å². The van der Waals surface area contributed by atoms with E-state index in [-0.39, 0.29) is 17.9 Å². The van der Waals surface area contributed by atoms with Crippen molar-refractivity contribution in [2.75, 3.05) is 11.9 Å². The zero-order chi connectivity index (χ0) is 18.3. The van der Waals surface area contributed by atoms with Gasteiger partial charge in [-0.25, -0.2) is 4.79 Å². The number of fused-ring (bicyclic) bond motifs is 1. The van der Waals surface area contributed by atoms with Crippen molar-refractivity contribution in [2.24, 2.45) is 0 Å². The van der Waals surface area contributed by atoms with Crippen LogP contribution in [0.2, 0.25) is 0 Å². The number of ether oxygens (including phenoxy) is 2. The Hall–Kier alpha value is -2.11. The maximum absolute atomic E-state index is 11.1. The summed E-state index contributed by atoms with van der Waals surface area (Å²) in [5, 5.41) is 60.5. The highest BCUT2D eigenvalue weighted by Crippen LogP contribution is 2.38. The van der Waals surface area contributed by atoms with E-state index in [1.165, 1.54) is 12.1 Å². The lowest BCUT2D eigenvalue weighted by atomic mass is 9.99. The van der Waals surface area contributed by atoms with Crippen molar-refractivity contribution in [3.05, 3.63) is 17.7 Å². The van der Waals surface area contributed by atoms with Crippen molar-refractivity contribution in [2.45, 2.75) is 43.2 Å². The third-order valence-corrected chi connectivity index (χ3v) is 4.33. The summed E-state index contributed by atoms with van der Waals surface area (Å²) in [5.74, 6) is -1.45. The number of hydrogen-bond acceptors (Lipinski definition) is 9. The molecule has 10 nitrogen and oxygen atoms in total. The zero-order valence-electron chi connectivity index (χ0n) is 12.9. The minimum absolute atomic E-state index is 0.0871. The second-order valence-electron chi connectivity index (χ2n) is 6.03. The summed E-state index contributed by atoms with van der Waals surface area (Å²) in [4.78, 5) is 11.1. The molecule has 10 heteroatoms. The maximum Gasteiger partial charge on any atom is 0.326 e. The molecule has 2 aliphatic rings. The fraction of sp³-hybridized carbons (Fsp3) is 0.533. The number of anilines is 1. The number of aliphatic carboxylic acids is 1. The molecule has 7 N–H and O–H groups in total. The molecule has 0 radical (unpaired) electrons. The van der Waals surface area contributed by atoms with E-state index in [1.807, 2.05) is 0 Å². The lowest BCUT2D eigenvalue weighted by Gasteiger charge is -2.39. The third kappa shape index (κ3) is 3.22. The Morgan fingerprint density at radius 1 is 1.24 bits per heavy atom. The molecule has 0 aromatic heterocycles. The van der Waals surface area contributed by atoms with Gasteiger partial charge in [0.05, 0.1) is 6.61 Å². The lowest BCUT2D eigenvalue weighted by Crippen LogP contribution is -2.60. The molecule has 2 heterocycles. The van der Waals surface area contributed by atoms with Gasteiger partial charge in [0.1, 0.15) is 30.5 Å². The van der Waals surface area contributed by atoms with E-state index in [9.17, 15) is 25.2 Å². The molecule has 0 bridgehead atoms.